The second kappa shape index (κ2) is 7.01. The number of carbonyl (C=O) groups excluding carboxylic acids is 1. The Kier molecular flexibility index (Phi) is 6.11. The number of thioether (sulfide) groups is 1. The summed E-state index contributed by atoms with van der Waals surface area (Å²) in [4.78, 5) is 12.3. The average molecular weight is 331 g/mol. The number of amides is 1. The second-order valence-electron chi connectivity index (χ2n) is 5.74. The maximum Gasteiger partial charge on any atom is 0.238 e. The van der Waals surface area contributed by atoms with Gasteiger partial charge in [0.1, 0.15) is 0 Å². The van der Waals surface area contributed by atoms with Crippen LogP contribution in [0, 0.1) is 0 Å². The van der Waals surface area contributed by atoms with Crippen molar-refractivity contribution in [1.29, 1.82) is 0 Å². The standard InChI is InChI=1S/C15H22N2O2S.ClH/c1-15(2,20-3)13(16)14(19)17-12-10-7-5-4-6-9(10)8-11(12)18;/h4-7,11-13,18H,8,16H2,1-3H3,(H,17,19);1H/t11-,12+,13+;/m0./s1. The van der Waals surface area contributed by atoms with Gasteiger partial charge >= 0.3 is 0 Å². The Hall–Kier alpha value is -0.750. The molecule has 118 valence electrons. The fourth-order valence-electron chi connectivity index (χ4n) is 2.43. The van der Waals surface area contributed by atoms with Crippen molar-refractivity contribution in [3.8, 4) is 0 Å². The van der Waals surface area contributed by atoms with Crippen LogP contribution in [0.4, 0.5) is 0 Å². The first-order chi connectivity index (χ1) is 9.36. The Balaban J connectivity index is 0.00000220. The van der Waals surface area contributed by atoms with E-state index in [1.807, 2.05) is 44.4 Å². The molecule has 0 bridgehead atoms. The lowest BCUT2D eigenvalue weighted by Gasteiger charge is -2.30. The van der Waals surface area contributed by atoms with Crippen molar-refractivity contribution in [2.45, 2.75) is 43.2 Å². The van der Waals surface area contributed by atoms with Gasteiger partial charge in [-0.15, -0.1) is 12.4 Å². The van der Waals surface area contributed by atoms with Crippen molar-refractivity contribution in [3.63, 3.8) is 0 Å². The van der Waals surface area contributed by atoms with E-state index in [9.17, 15) is 9.90 Å². The lowest BCUT2D eigenvalue weighted by Crippen LogP contribution is -2.53. The maximum absolute atomic E-state index is 12.3. The van der Waals surface area contributed by atoms with E-state index in [0.717, 1.165) is 11.1 Å². The number of benzene rings is 1. The molecule has 1 aromatic carbocycles. The SMILES string of the molecule is CSC(C)(C)[C@H](N)C(=O)N[C@@H]1c2ccccc2C[C@@H]1O.Cl. The molecule has 0 radical (unpaired) electrons. The predicted molar refractivity (Wildman–Crippen MR) is 89.9 cm³/mol. The second-order valence-corrected chi connectivity index (χ2v) is 7.20. The fourth-order valence-corrected chi connectivity index (χ4v) is 2.79. The first-order valence-electron chi connectivity index (χ1n) is 6.74. The van der Waals surface area contributed by atoms with E-state index in [2.05, 4.69) is 5.32 Å². The Labute approximate surface area is 136 Å². The average Bonchev–Trinajstić information content (AvgIpc) is 2.74. The van der Waals surface area contributed by atoms with E-state index in [-0.39, 0.29) is 29.1 Å². The number of halogens is 1. The summed E-state index contributed by atoms with van der Waals surface area (Å²) < 4.78 is -0.340. The zero-order valence-corrected chi connectivity index (χ0v) is 14.1. The first kappa shape index (κ1) is 18.3. The summed E-state index contributed by atoms with van der Waals surface area (Å²) in [6, 6.07) is 6.82. The molecule has 0 unspecified atom stereocenters. The number of nitrogens with two attached hydrogens (primary N) is 1. The third-order valence-electron chi connectivity index (χ3n) is 4.06. The van der Waals surface area contributed by atoms with Crippen LogP contribution >= 0.6 is 24.2 Å². The van der Waals surface area contributed by atoms with Crippen molar-refractivity contribution in [1.82, 2.24) is 5.32 Å². The Morgan fingerprint density at radius 1 is 1.48 bits per heavy atom. The van der Waals surface area contributed by atoms with E-state index in [4.69, 9.17) is 5.73 Å². The van der Waals surface area contributed by atoms with E-state index < -0.39 is 12.1 Å². The van der Waals surface area contributed by atoms with Gasteiger partial charge in [-0.1, -0.05) is 24.3 Å². The van der Waals surface area contributed by atoms with Crippen molar-refractivity contribution >= 4 is 30.1 Å². The number of fused-ring (bicyclic) bond motifs is 1. The molecule has 3 atom stereocenters. The van der Waals surface area contributed by atoms with E-state index in [1.54, 1.807) is 11.8 Å². The molecule has 4 nitrogen and oxygen atoms in total. The molecule has 0 aliphatic heterocycles. The Morgan fingerprint density at radius 3 is 2.71 bits per heavy atom. The number of aliphatic hydroxyl groups excluding tert-OH is 1. The molecule has 0 fully saturated rings. The third-order valence-corrected chi connectivity index (χ3v) is 5.37. The topological polar surface area (TPSA) is 75.4 Å². The predicted octanol–water partition coefficient (Wildman–Crippen LogP) is 1.65. The van der Waals surface area contributed by atoms with Crippen LogP contribution < -0.4 is 11.1 Å². The molecule has 0 saturated carbocycles. The van der Waals surface area contributed by atoms with Crippen molar-refractivity contribution in [3.05, 3.63) is 35.4 Å². The normalized spacial score (nSPS) is 22.1. The quantitative estimate of drug-likeness (QED) is 0.784. The van der Waals surface area contributed by atoms with Crippen LogP contribution in [0.15, 0.2) is 24.3 Å². The van der Waals surface area contributed by atoms with Gasteiger partial charge in [0.2, 0.25) is 5.91 Å². The molecule has 0 saturated heterocycles. The number of nitrogens with one attached hydrogen (secondary N) is 1. The van der Waals surface area contributed by atoms with Crippen LogP contribution in [0.25, 0.3) is 0 Å². The van der Waals surface area contributed by atoms with Gasteiger partial charge in [0, 0.05) is 11.2 Å². The number of hydrogen-bond acceptors (Lipinski definition) is 4. The third kappa shape index (κ3) is 3.72. The minimum atomic E-state index is -0.613. The highest BCUT2D eigenvalue weighted by Crippen LogP contribution is 2.32. The molecule has 1 aliphatic carbocycles. The highest BCUT2D eigenvalue weighted by molar-refractivity contribution is 8.00. The van der Waals surface area contributed by atoms with Crippen LogP contribution in [0.1, 0.15) is 31.0 Å². The van der Waals surface area contributed by atoms with Crippen LogP contribution in [0.5, 0.6) is 0 Å². The zero-order chi connectivity index (χ0) is 14.9. The fraction of sp³-hybridized carbons (Fsp3) is 0.533. The number of rotatable bonds is 4. The first-order valence-corrected chi connectivity index (χ1v) is 7.96. The monoisotopic (exact) mass is 330 g/mol. The molecule has 4 N–H and O–H groups in total. The highest BCUT2D eigenvalue weighted by atomic mass is 35.5. The minimum Gasteiger partial charge on any atom is -0.390 e. The molecule has 0 spiro atoms. The molecule has 1 amide bonds. The van der Waals surface area contributed by atoms with Gasteiger partial charge < -0.3 is 16.2 Å². The van der Waals surface area contributed by atoms with Gasteiger partial charge in [0.15, 0.2) is 0 Å². The molecule has 2 rings (SSSR count). The van der Waals surface area contributed by atoms with E-state index >= 15 is 0 Å². The zero-order valence-electron chi connectivity index (χ0n) is 12.5. The molecular formula is C15H23ClN2O2S. The van der Waals surface area contributed by atoms with Gasteiger partial charge in [0.05, 0.1) is 18.2 Å². The molecule has 1 aromatic rings. The van der Waals surface area contributed by atoms with Gasteiger partial charge in [-0.2, -0.15) is 11.8 Å². The summed E-state index contributed by atoms with van der Waals surface area (Å²) in [6.07, 6.45) is 1.93. The Morgan fingerprint density at radius 2 is 2.10 bits per heavy atom. The maximum atomic E-state index is 12.3. The highest BCUT2D eigenvalue weighted by Gasteiger charge is 2.36. The van der Waals surface area contributed by atoms with Crippen molar-refractivity contribution in [2.75, 3.05) is 6.26 Å². The minimum absolute atomic E-state index is 0. The molecule has 1 aliphatic rings. The smallest absolute Gasteiger partial charge is 0.238 e. The lowest BCUT2D eigenvalue weighted by molar-refractivity contribution is -0.124. The molecule has 21 heavy (non-hydrogen) atoms. The molecular weight excluding hydrogens is 308 g/mol. The lowest BCUT2D eigenvalue weighted by atomic mass is 10.0. The van der Waals surface area contributed by atoms with Gasteiger partial charge in [-0.05, 0) is 31.2 Å². The molecule has 0 heterocycles. The summed E-state index contributed by atoms with van der Waals surface area (Å²) in [5.41, 5.74) is 8.11. The van der Waals surface area contributed by atoms with Gasteiger partial charge in [-0.25, -0.2) is 0 Å². The molecule has 6 heteroatoms. The summed E-state index contributed by atoms with van der Waals surface area (Å²) in [7, 11) is 0. The van der Waals surface area contributed by atoms with Crippen LogP contribution in [0.3, 0.4) is 0 Å². The van der Waals surface area contributed by atoms with Gasteiger partial charge in [0.25, 0.3) is 0 Å². The largest absolute Gasteiger partial charge is 0.390 e. The van der Waals surface area contributed by atoms with Gasteiger partial charge in [-0.3, -0.25) is 4.79 Å². The van der Waals surface area contributed by atoms with Crippen molar-refractivity contribution < 1.29 is 9.90 Å². The van der Waals surface area contributed by atoms with Crippen LogP contribution in [-0.2, 0) is 11.2 Å². The summed E-state index contributed by atoms with van der Waals surface area (Å²) >= 11 is 1.56. The number of carbonyl (C=O) groups is 1. The molecule has 0 aromatic heterocycles. The van der Waals surface area contributed by atoms with Crippen LogP contribution in [0.2, 0.25) is 0 Å². The summed E-state index contributed by atoms with van der Waals surface area (Å²) in [5.74, 6) is -0.217. The van der Waals surface area contributed by atoms with E-state index in [0.29, 0.717) is 6.42 Å². The summed E-state index contributed by atoms with van der Waals surface area (Å²) in [5, 5.41) is 13.0. The summed E-state index contributed by atoms with van der Waals surface area (Å²) in [6.45, 7) is 3.89. The van der Waals surface area contributed by atoms with Crippen molar-refractivity contribution in [2.24, 2.45) is 5.73 Å². The van der Waals surface area contributed by atoms with E-state index in [1.165, 1.54) is 0 Å². The number of aliphatic hydroxyl groups is 1. The van der Waals surface area contributed by atoms with Crippen LogP contribution in [-0.4, -0.2) is 34.2 Å². The number of hydrogen-bond donors (Lipinski definition) is 3. The Bertz CT molecular complexity index is 510.